The molecule has 1 heterocycles. The van der Waals surface area contributed by atoms with Crippen LogP contribution in [0.2, 0.25) is 0 Å². The molecule has 0 aliphatic rings. The van der Waals surface area contributed by atoms with Crippen molar-refractivity contribution < 1.29 is 13.2 Å². The lowest BCUT2D eigenvalue weighted by molar-refractivity contribution is 0.525. The Morgan fingerprint density at radius 1 is 1.31 bits per heavy atom. The number of oxazole rings is 1. The van der Waals surface area contributed by atoms with Crippen LogP contribution in [-0.2, 0) is 6.54 Å². The van der Waals surface area contributed by atoms with Gasteiger partial charge in [-0.3, -0.25) is 0 Å². The van der Waals surface area contributed by atoms with Crippen LogP contribution in [-0.4, -0.2) is 4.98 Å². The smallest absolute Gasteiger partial charge is 0.233 e. The molecule has 0 saturated carbocycles. The van der Waals surface area contributed by atoms with Crippen LogP contribution in [0.4, 0.5) is 8.78 Å². The summed E-state index contributed by atoms with van der Waals surface area (Å²) in [4.78, 5) is 3.90. The van der Waals surface area contributed by atoms with Crippen molar-refractivity contribution in [3.8, 4) is 11.5 Å². The maximum atomic E-state index is 13.4. The highest BCUT2D eigenvalue weighted by atomic mass is 79.9. The monoisotopic (exact) mass is 288 g/mol. The van der Waals surface area contributed by atoms with Gasteiger partial charge in [0.25, 0.3) is 0 Å². The lowest BCUT2D eigenvalue weighted by atomic mass is 10.2. The fourth-order valence-electron chi connectivity index (χ4n) is 1.27. The van der Waals surface area contributed by atoms with Crippen LogP contribution in [0.1, 0.15) is 5.69 Å². The minimum Gasteiger partial charge on any atom is -0.429 e. The third kappa shape index (κ3) is 1.85. The van der Waals surface area contributed by atoms with E-state index in [1.165, 1.54) is 6.07 Å². The van der Waals surface area contributed by atoms with Crippen molar-refractivity contribution >= 4 is 15.9 Å². The van der Waals surface area contributed by atoms with E-state index in [0.717, 1.165) is 12.1 Å². The Kier molecular flexibility index (Phi) is 3.02. The Hall–Kier alpha value is -1.27. The molecular formula is C10H7BrF2N2O. The summed E-state index contributed by atoms with van der Waals surface area (Å²) >= 11 is 3.07. The fourth-order valence-corrected chi connectivity index (χ4v) is 1.67. The molecule has 0 aliphatic carbocycles. The van der Waals surface area contributed by atoms with Crippen molar-refractivity contribution in [2.24, 2.45) is 5.73 Å². The van der Waals surface area contributed by atoms with Crippen LogP contribution in [0.5, 0.6) is 0 Å². The van der Waals surface area contributed by atoms with E-state index in [-0.39, 0.29) is 22.7 Å². The third-order valence-corrected chi connectivity index (χ3v) is 2.64. The van der Waals surface area contributed by atoms with Gasteiger partial charge in [0.2, 0.25) is 5.89 Å². The predicted octanol–water partition coefficient (Wildman–Crippen LogP) is 2.84. The van der Waals surface area contributed by atoms with Crippen molar-refractivity contribution in [3.05, 3.63) is 40.2 Å². The number of rotatable bonds is 2. The van der Waals surface area contributed by atoms with Gasteiger partial charge in [0, 0.05) is 6.54 Å². The van der Waals surface area contributed by atoms with Crippen LogP contribution >= 0.6 is 15.9 Å². The number of aromatic nitrogens is 1. The lowest BCUT2D eigenvalue weighted by Gasteiger charge is -1.98. The highest BCUT2D eigenvalue weighted by Gasteiger charge is 2.18. The number of halogens is 3. The van der Waals surface area contributed by atoms with Gasteiger partial charge in [-0.25, -0.2) is 13.8 Å². The standard InChI is InChI=1S/C10H7BrF2N2O/c11-9-7(4-14)15-10(16-9)8-5(12)2-1-3-6(8)13/h1-3H,4,14H2. The van der Waals surface area contributed by atoms with Crippen molar-refractivity contribution in [3.63, 3.8) is 0 Å². The molecule has 6 heteroatoms. The summed E-state index contributed by atoms with van der Waals surface area (Å²) in [5, 5.41) is 0. The van der Waals surface area contributed by atoms with Gasteiger partial charge in [0.15, 0.2) is 4.67 Å². The molecule has 1 aromatic carbocycles. The molecule has 0 atom stereocenters. The molecule has 0 radical (unpaired) electrons. The Morgan fingerprint density at radius 3 is 2.44 bits per heavy atom. The van der Waals surface area contributed by atoms with Crippen molar-refractivity contribution in [1.29, 1.82) is 0 Å². The van der Waals surface area contributed by atoms with Gasteiger partial charge in [0.1, 0.15) is 22.9 Å². The third-order valence-electron chi connectivity index (χ3n) is 2.02. The maximum Gasteiger partial charge on any atom is 0.233 e. The predicted molar refractivity (Wildman–Crippen MR) is 57.4 cm³/mol. The SMILES string of the molecule is NCc1nc(-c2c(F)cccc2F)oc1Br. The van der Waals surface area contributed by atoms with E-state index in [1.807, 2.05) is 0 Å². The number of hydrogen-bond acceptors (Lipinski definition) is 3. The molecule has 84 valence electrons. The van der Waals surface area contributed by atoms with Crippen LogP contribution in [0.25, 0.3) is 11.5 Å². The molecule has 16 heavy (non-hydrogen) atoms. The first-order chi connectivity index (χ1) is 7.63. The second-order valence-corrected chi connectivity index (χ2v) is 3.76. The summed E-state index contributed by atoms with van der Waals surface area (Å²) in [6, 6.07) is 3.55. The van der Waals surface area contributed by atoms with Crippen LogP contribution in [0, 0.1) is 11.6 Å². The van der Waals surface area contributed by atoms with Crippen molar-refractivity contribution in [2.45, 2.75) is 6.54 Å². The molecule has 0 amide bonds. The highest BCUT2D eigenvalue weighted by Crippen LogP contribution is 2.29. The Morgan fingerprint density at radius 2 is 1.94 bits per heavy atom. The summed E-state index contributed by atoms with van der Waals surface area (Å²) in [7, 11) is 0. The summed E-state index contributed by atoms with van der Waals surface area (Å²) in [5.74, 6) is -1.57. The van der Waals surface area contributed by atoms with Crippen LogP contribution in [0.3, 0.4) is 0 Å². The Balaban J connectivity index is 2.58. The average Bonchev–Trinajstić information content (AvgIpc) is 2.59. The van der Waals surface area contributed by atoms with E-state index in [1.54, 1.807) is 0 Å². The minimum atomic E-state index is -0.725. The molecule has 0 fully saturated rings. The number of nitrogens with zero attached hydrogens (tertiary/aromatic N) is 1. The van der Waals surface area contributed by atoms with Gasteiger partial charge in [-0.15, -0.1) is 0 Å². The van der Waals surface area contributed by atoms with E-state index in [2.05, 4.69) is 20.9 Å². The van der Waals surface area contributed by atoms with Crippen molar-refractivity contribution in [2.75, 3.05) is 0 Å². The second-order valence-electron chi connectivity index (χ2n) is 3.04. The molecule has 0 saturated heterocycles. The zero-order valence-electron chi connectivity index (χ0n) is 8.01. The van der Waals surface area contributed by atoms with E-state index >= 15 is 0 Å². The molecule has 0 bridgehead atoms. The maximum absolute atomic E-state index is 13.4. The normalized spacial score (nSPS) is 10.8. The Bertz CT molecular complexity index is 507. The molecule has 2 aromatic rings. The quantitative estimate of drug-likeness (QED) is 0.924. The van der Waals surface area contributed by atoms with Gasteiger partial charge in [-0.1, -0.05) is 6.07 Å². The zero-order valence-corrected chi connectivity index (χ0v) is 9.59. The van der Waals surface area contributed by atoms with E-state index < -0.39 is 11.6 Å². The summed E-state index contributed by atoms with van der Waals surface area (Å²) in [6.07, 6.45) is 0. The highest BCUT2D eigenvalue weighted by molar-refractivity contribution is 9.10. The van der Waals surface area contributed by atoms with Gasteiger partial charge >= 0.3 is 0 Å². The van der Waals surface area contributed by atoms with E-state index in [9.17, 15) is 8.78 Å². The largest absolute Gasteiger partial charge is 0.429 e. The lowest BCUT2D eigenvalue weighted by Crippen LogP contribution is -1.97. The fraction of sp³-hybridized carbons (Fsp3) is 0.100. The number of nitrogens with two attached hydrogens (primary N) is 1. The molecule has 1 aromatic heterocycles. The first kappa shape index (κ1) is 11.2. The zero-order chi connectivity index (χ0) is 11.7. The first-order valence-corrected chi connectivity index (χ1v) is 5.22. The minimum absolute atomic E-state index is 0.122. The molecule has 0 aliphatic heterocycles. The van der Waals surface area contributed by atoms with Crippen molar-refractivity contribution in [1.82, 2.24) is 4.98 Å². The summed E-state index contributed by atoms with van der Waals surface area (Å²) in [6.45, 7) is 0.125. The molecular weight excluding hydrogens is 282 g/mol. The summed E-state index contributed by atoms with van der Waals surface area (Å²) in [5.41, 5.74) is 5.50. The second kappa shape index (κ2) is 4.31. The number of benzene rings is 1. The van der Waals surface area contributed by atoms with Gasteiger partial charge in [-0.05, 0) is 28.1 Å². The van der Waals surface area contributed by atoms with Gasteiger partial charge in [0.05, 0.1) is 0 Å². The Labute approximate surface area is 98.4 Å². The van der Waals surface area contributed by atoms with Crippen LogP contribution in [0.15, 0.2) is 27.3 Å². The number of hydrogen-bond donors (Lipinski definition) is 1. The molecule has 2 N–H and O–H groups in total. The van der Waals surface area contributed by atoms with Gasteiger partial charge < -0.3 is 10.2 Å². The van der Waals surface area contributed by atoms with Gasteiger partial charge in [-0.2, -0.15) is 0 Å². The summed E-state index contributed by atoms with van der Waals surface area (Å²) < 4.78 is 32.2. The topological polar surface area (TPSA) is 52.0 Å². The molecule has 0 unspecified atom stereocenters. The average molecular weight is 289 g/mol. The van der Waals surface area contributed by atoms with E-state index in [0.29, 0.717) is 5.69 Å². The van der Waals surface area contributed by atoms with Crippen LogP contribution < -0.4 is 5.73 Å². The first-order valence-electron chi connectivity index (χ1n) is 4.43. The van der Waals surface area contributed by atoms with E-state index in [4.69, 9.17) is 10.2 Å². The molecule has 3 nitrogen and oxygen atoms in total. The molecule has 2 rings (SSSR count). The molecule has 0 spiro atoms.